The van der Waals surface area contributed by atoms with Crippen molar-refractivity contribution >= 4 is 11.6 Å². The summed E-state index contributed by atoms with van der Waals surface area (Å²) in [6.45, 7) is 0.100. The van der Waals surface area contributed by atoms with Crippen molar-refractivity contribution in [3.8, 4) is 0 Å². The lowest BCUT2D eigenvalue weighted by molar-refractivity contribution is 0.147. The van der Waals surface area contributed by atoms with Crippen LogP contribution in [0.3, 0.4) is 0 Å². The van der Waals surface area contributed by atoms with Gasteiger partial charge < -0.3 is 10.8 Å². The van der Waals surface area contributed by atoms with Crippen LogP contribution in [0.2, 0.25) is 5.02 Å². The van der Waals surface area contributed by atoms with E-state index in [1.54, 1.807) is 6.07 Å². The van der Waals surface area contributed by atoms with Crippen molar-refractivity contribution < 1.29 is 13.9 Å². The van der Waals surface area contributed by atoms with Crippen LogP contribution >= 0.6 is 11.6 Å². The molecule has 0 fully saturated rings. The third-order valence-corrected chi connectivity index (χ3v) is 3.51. The van der Waals surface area contributed by atoms with E-state index in [0.717, 1.165) is 6.07 Å². The molecule has 0 aromatic heterocycles. The molecule has 0 amide bonds. The number of aliphatic hydroxyl groups is 1. The first kappa shape index (κ1) is 14.9. The third kappa shape index (κ3) is 3.15. The summed E-state index contributed by atoms with van der Waals surface area (Å²) in [5, 5.41) is 10.5. The lowest BCUT2D eigenvalue weighted by atomic mass is 9.89. The number of aliphatic hydroxyl groups excluding tert-OH is 1. The van der Waals surface area contributed by atoms with E-state index < -0.39 is 23.7 Å². The molecule has 0 radical (unpaired) electrons. The Morgan fingerprint density at radius 3 is 2.40 bits per heavy atom. The predicted molar refractivity (Wildman–Crippen MR) is 74.6 cm³/mol. The lowest BCUT2D eigenvalue weighted by Gasteiger charge is -2.23. The van der Waals surface area contributed by atoms with Crippen molar-refractivity contribution in [1.82, 2.24) is 0 Å². The second-order valence-electron chi connectivity index (χ2n) is 4.51. The standard InChI is InChI=1S/C15H14ClF2NO/c16-14-7-11(18)4-5-12(14)13(8-19)15(20)9-2-1-3-10(17)6-9/h1-7,13,15,20H,8,19H2. The smallest absolute Gasteiger partial charge is 0.124 e. The van der Waals surface area contributed by atoms with E-state index in [1.165, 1.54) is 30.3 Å². The highest BCUT2D eigenvalue weighted by Gasteiger charge is 2.24. The van der Waals surface area contributed by atoms with Gasteiger partial charge in [0.1, 0.15) is 11.6 Å². The monoisotopic (exact) mass is 297 g/mol. The average molecular weight is 298 g/mol. The fourth-order valence-corrected chi connectivity index (χ4v) is 2.46. The molecule has 2 rings (SSSR count). The minimum Gasteiger partial charge on any atom is -0.388 e. The Labute approximate surface area is 120 Å². The van der Waals surface area contributed by atoms with Gasteiger partial charge in [-0.3, -0.25) is 0 Å². The Morgan fingerprint density at radius 1 is 1.10 bits per heavy atom. The van der Waals surface area contributed by atoms with Gasteiger partial charge in [-0.15, -0.1) is 0 Å². The maximum absolute atomic E-state index is 13.2. The van der Waals surface area contributed by atoms with Crippen LogP contribution in [0, 0.1) is 11.6 Å². The van der Waals surface area contributed by atoms with Gasteiger partial charge in [0.15, 0.2) is 0 Å². The summed E-state index contributed by atoms with van der Waals surface area (Å²) in [4.78, 5) is 0. The predicted octanol–water partition coefficient (Wildman–Crippen LogP) is 3.39. The number of hydrogen-bond donors (Lipinski definition) is 2. The first-order valence-electron chi connectivity index (χ1n) is 6.11. The molecule has 5 heteroatoms. The Kier molecular flexibility index (Phi) is 4.70. The highest BCUT2D eigenvalue weighted by Crippen LogP contribution is 2.34. The number of halogens is 3. The van der Waals surface area contributed by atoms with Gasteiger partial charge in [-0.05, 0) is 35.4 Å². The van der Waals surface area contributed by atoms with E-state index in [-0.39, 0.29) is 11.6 Å². The van der Waals surface area contributed by atoms with E-state index in [4.69, 9.17) is 17.3 Å². The summed E-state index contributed by atoms with van der Waals surface area (Å²) >= 11 is 5.99. The van der Waals surface area contributed by atoms with Crippen LogP contribution in [0.25, 0.3) is 0 Å². The van der Waals surface area contributed by atoms with Gasteiger partial charge in [0.2, 0.25) is 0 Å². The highest BCUT2D eigenvalue weighted by molar-refractivity contribution is 6.31. The summed E-state index contributed by atoms with van der Waals surface area (Å²) < 4.78 is 26.3. The highest BCUT2D eigenvalue weighted by atomic mass is 35.5. The third-order valence-electron chi connectivity index (χ3n) is 3.19. The molecule has 3 N–H and O–H groups in total. The van der Waals surface area contributed by atoms with Gasteiger partial charge in [-0.2, -0.15) is 0 Å². The Morgan fingerprint density at radius 2 is 1.80 bits per heavy atom. The summed E-state index contributed by atoms with van der Waals surface area (Å²) in [6.07, 6.45) is -1.02. The zero-order chi connectivity index (χ0) is 14.7. The normalized spacial score (nSPS) is 14.1. The molecule has 2 aromatic rings. The molecular formula is C15H14ClF2NO. The van der Waals surface area contributed by atoms with E-state index in [1.807, 2.05) is 0 Å². The van der Waals surface area contributed by atoms with Crippen LogP contribution in [0.5, 0.6) is 0 Å². The van der Waals surface area contributed by atoms with E-state index in [0.29, 0.717) is 11.1 Å². The van der Waals surface area contributed by atoms with Gasteiger partial charge >= 0.3 is 0 Å². The SMILES string of the molecule is NCC(c1ccc(F)cc1Cl)C(O)c1cccc(F)c1. The number of nitrogens with two attached hydrogens (primary N) is 1. The van der Waals surface area contributed by atoms with Crippen molar-refractivity contribution in [1.29, 1.82) is 0 Å². The minimum atomic E-state index is -1.02. The molecule has 0 saturated heterocycles. The molecule has 0 heterocycles. The molecule has 2 unspecified atom stereocenters. The molecular weight excluding hydrogens is 284 g/mol. The van der Waals surface area contributed by atoms with E-state index in [9.17, 15) is 13.9 Å². The molecule has 0 aliphatic rings. The maximum Gasteiger partial charge on any atom is 0.124 e. The topological polar surface area (TPSA) is 46.2 Å². The second kappa shape index (κ2) is 6.31. The Bertz CT molecular complexity index is 606. The van der Waals surface area contributed by atoms with Gasteiger partial charge in [0.05, 0.1) is 6.10 Å². The Hall–Kier alpha value is -1.49. The largest absolute Gasteiger partial charge is 0.388 e. The number of rotatable bonds is 4. The minimum absolute atomic E-state index is 0.100. The summed E-state index contributed by atoms with van der Waals surface area (Å²) in [5.41, 5.74) is 6.62. The molecule has 0 spiro atoms. The fourth-order valence-electron chi connectivity index (χ4n) is 2.15. The first-order chi connectivity index (χ1) is 9.52. The van der Waals surface area contributed by atoms with Crippen molar-refractivity contribution in [2.75, 3.05) is 6.54 Å². The molecule has 0 bridgehead atoms. The van der Waals surface area contributed by atoms with Crippen molar-refractivity contribution in [2.45, 2.75) is 12.0 Å². The quantitative estimate of drug-likeness (QED) is 0.908. The van der Waals surface area contributed by atoms with Crippen LogP contribution in [0.15, 0.2) is 42.5 Å². The van der Waals surface area contributed by atoms with Gasteiger partial charge in [-0.25, -0.2) is 8.78 Å². The maximum atomic E-state index is 13.2. The van der Waals surface area contributed by atoms with Gasteiger partial charge in [0.25, 0.3) is 0 Å². The van der Waals surface area contributed by atoms with Crippen LogP contribution in [-0.4, -0.2) is 11.7 Å². The molecule has 2 aromatic carbocycles. The van der Waals surface area contributed by atoms with Crippen LogP contribution in [0.1, 0.15) is 23.1 Å². The first-order valence-corrected chi connectivity index (χ1v) is 6.49. The van der Waals surface area contributed by atoms with Crippen LogP contribution in [0.4, 0.5) is 8.78 Å². The van der Waals surface area contributed by atoms with Crippen molar-refractivity contribution in [2.24, 2.45) is 5.73 Å². The molecule has 106 valence electrons. The number of benzene rings is 2. The van der Waals surface area contributed by atoms with Crippen molar-refractivity contribution in [3.05, 3.63) is 70.2 Å². The van der Waals surface area contributed by atoms with Gasteiger partial charge in [0, 0.05) is 17.5 Å². The molecule has 2 atom stereocenters. The lowest BCUT2D eigenvalue weighted by Crippen LogP contribution is -2.20. The average Bonchev–Trinajstić information content (AvgIpc) is 2.41. The van der Waals surface area contributed by atoms with E-state index >= 15 is 0 Å². The molecule has 20 heavy (non-hydrogen) atoms. The zero-order valence-corrected chi connectivity index (χ0v) is 11.3. The molecule has 2 nitrogen and oxygen atoms in total. The molecule has 0 aliphatic heterocycles. The summed E-state index contributed by atoms with van der Waals surface area (Å²) in [6, 6.07) is 9.54. The van der Waals surface area contributed by atoms with Crippen molar-refractivity contribution in [3.63, 3.8) is 0 Å². The van der Waals surface area contributed by atoms with E-state index in [2.05, 4.69) is 0 Å². The van der Waals surface area contributed by atoms with Crippen LogP contribution in [-0.2, 0) is 0 Å². The zero-order valence-electron chi connectivity index (χ0n) is 10.6. The van der Waals surface area contributed by atoms with Gasteiger partial charge in [-0.1, -0.05) is 29.8 Å². The summed E-state index contributed by atoms with van der Waals surface area (Å²) in [5.74, 6) is -1.44. The molecule has 0 aliphatic carbocycles. The Balaban J connectivity index is 2.36. The second-order valence-corrected chi connectivity index (χ2v) is 4.92. The number of hydrogen-bond acceptors (Lipinski definition) is 2. The fraction of sp³-hybridized carbons (Fsp3) is 0.200. The van der Waals surface area contributed by atoms with Crippen LogP contribution < -0.4 is 5.73 Å². The molecule has 0 saturated carbocycles. The summed E-state index contributed by atoms with van der Waals surface area (Å²) in [7, 11) is 0.